The van der Waals surface area contributed by atoms with Gasteiger partial charge in [-0.3, -0.25) is 14.2 Å². The van der Waals surface area contributed by atoms with Crippen LogP contribution in [0, 0.1) is 6.92 Å². The van der Waals surface area contributed by atoms with Crippen LogP contribution in [0.1, 0.15) is 50.2 Å². The molecule has 3 aromatic carbocycles. The van der Waals surface area contributed by atoms with Crippen LogP contribution in [0.2, 0.25) is 0 Å². The normalized spacial score (nSPS) is 13.5. The van der Waals surface area contributed by atoms with Gasteiger partial charge in [-0.2, -0.15) is 13.2 Å². The molecule has 0 bridgehead atoms. The first-order chi connectivity index (χ1) is 17.8. The molecule has 1 aromatic heterocycles. The number of hydrogen-bond acceptors (Lipinski definition) is 3. The van der Waals surface area contributed by atoms with Crippen molar-refractivity contribution in [1.82, 2.24) is 14.5 Å². The second-order valence-electron chi connectivity index (χ2n) is 9.00. The maximum Gasteiger partial charge on any atom is 0.417 e. The van der Waals surface area contributed by atoms with E-state index in [2.05, 4.69) is 0 Å². The van der Waals surface area contributed by atoms with Gasteiger partial charge in [0.25, 0.3) is 11.5 Å². The van der Waals surface area contributed by atoms with Crippen molar-refractivity contribution in [2.45, 2.75) is 32.1 Å². The van der Waals surface area contributed by atoms with E-state index in [0.717, 1.165) is 17.2 Å². The Morgan fingerprint density at radius 1 is 0.892 bits per heavy atom. The highest BCUT2D eigenvalue weighted by Gasteiger charge is 2.37. The van der Waals surface area contributed by atoms with Gasteiger partial charge in [-0.05, 0) is 36.6 Å². The molecule has 37 heavy (non-hydrogen) atoms. The molecule has 0 N–H and O–H groups in total. The van der Waals surface area contributed by atoms with E-state index in [1.165, 1.54) is 23.1 Å². The largest absolute Gasteiger partial charge is 0.417 e. The summed E-state index contributed by atoms with van der Waals surface area (Å²) in [7, 11) is 0. The van der Waals surface area contributed by atoms with Gasteiger partial charge in [-0.15, -0.1) is 0 Å². The molecule has 0 radical (unpaired) electrons. The molecule has 0 saturated carbocycles. The van der Waals surface area contributed by atoms with Crippen LogP contribution in [0.5, 0.6) is 0 Å². The van der Waals surface area contributed by atoms with E-state index >= 15 is 0 Å². The number of aryl methyl sites for hydroxylation is 1. The smallest absolute Gasteiger partial charge is 0.332 e. The third-order valence-electron chi connectivity index (χ3n) is 6.68. The van der Waals surface area contributed by atoms with Gasteiger partial charge in [0, 0.05) is 12.1 Å². The Labute approximate surface area is 211 Å². The van der Waals surface area contributed by atoms with Crippen LogP contribution in [0.3, 0.4) is 0 Å². The highest BCUT2D eigenvalue weighted by Crippen LogP contribution is 2.33. The molecule has 5 nitrogen and oxygen atoms in total. The highest BCUT2D eigenvalue weighted by atomic mass is 19.4. The van der Waals surface area contributed by atoms with Gasteiger partial charge in [0.2, 0.25) is 0 Å². The van der Waals surface area contributed by atoms with Crippen molar-refractivity contribution in [1.29, 1.82) is 0 Å². The number of fused-ring (bicyclic) bond motifs is 1. The fraction of sp³-hybridized carbons (Fsp3) is 0.207. The van der Waals surface area contributed by atoms with E-state index in [4.69, 9.17) is 4.98 Å². The van der Waals surface area contributed by atoms with Crippen molar-refractivity contribution < 1.29 is 18.0 Å². The zero-order valence-corrected chi connectivity index (χ0v) is 20.1. The summed E-state index contributed by atoms with van der Waals surface area (Å²) in [5, 5.41) is 0. The van der Waals surface area contributed by atoms with Crippen LogP contribution in [0.25, 0.3) is 0 Å². The van der Waals surface area contributed by atoms with Gasteiger partial charge >= 0.3 is 6.18 Å². The summed E-state index contributed by atoms with van der Waals surface area (Å²) in [6.07, 6.45) is -4.44. The molecule has 1 aliphatic heterocycles. The van der Waals surface area contributed by atoms with Crippen molar-refractivity contribution in [3.8, 4) is 0 Å². The van der Waals surface area contributed by atoms with Crippen LogP contribution < -0.4 is 5.56 Å². The van der Waals surface area contributed by atoms with Crippen molar-refractivity contribution in [3.63, 3.8) is 0 Å². The SMILES string of the molecule is Cc1nc2c(c(=O)n1C(c1ccccc1)c1ccccc1)CCN(C(=O)c1ccccc1C(F)(F)F)C2. The summed E-state index contributed by atoms with van der Waals surface area (Å²) in [6, 6.07) is 23.7. The van der Waals surface area contributed by atoms with Crippen molar-refractivity contribution >= 4 is 5.91 Å². The summed E-state index contributed by atoms with van der Waals surface area (Å²) in [6.45, 7) is 1.83. The van der Waals surface area contributed by atoms with E-state index in [1.54, 1.807) is 11.5 Å². The van der Waals surface area contributed by atoms with Gasteiger partial charge in [0.05, 0.1) is 29.4 Å². The molecule has 8 heteroatoms. The molecular formula is C29H24F3N3O2. The molecule has 0 atom stereocenters. The summed E-state index contributed by atoms with van der Waals surface area (Å²) >= 11 is 0. The second-order valence-corrected chi connectivity index (χ2v) is 9.00. The third-order valence-corrected chi connectivity index (χ3v) is 6.68. The number of hydrogen-bond donors (Lipinski definition) is 0. The molecule has 1 amide bonds. The minimum Gasteiger partial charge on any atom is -0.332 e. The Morgan fingerprint density at radius 3 is 2.05 bits per heavy atom. The highest BCUT2D eigenvalue weighted by molar-refractivity contribution is 5.96. The molecule has 4 aromatic rings. The number of carbonyl (C=O) groups is 1. The Balaban J connectivity index is 1.54. The molecule has 0 saturated heterocycles. The van der Waals surface area contributed by atoms with Crippen LogP contribution in [-0.2, 0) is 19.1 Å². The van der Waals surface area contributed by atoms with Crippen molar-refractivity contribution in [2.24, 2.45) is 0 Å². The summed E-state index contributed by atoms with van der Waals surface area (Å²) in [5.41, 5.74) is 1.17. The minimum absolute atomic E-state index is 0.0291. The second kappa shape index (κ2) is 9.69. The quantitative estimate of drug-likeness (QED) is 0.375. The van der Waals surface area contributed by atoms with Crippen molar-refractivity contribution in [2.75, 3.05) is 6.54 Å². The molecule has 2 heterocycles. The number of carbonyl (C=O) groups excluding carboxylic acids is 1. The number of aromatic nitrogens is 2. The molecular weight excluding hydrogens is 479 g/mol. The first-order valence-electron chi connectivity index (χ1n) is 11.9. The maximum atomic E-state index is 13.8. The molecule has 0 fully saturated rings. The van der Waals surface area contributed by atoms with E-state index < -0.39 is 29.3 Å². The first-order valence-corrected chi connectivity index (χ1v) is 11.9. The van der Waals surface area contributed by atoms with E-state index in [-0.39, 0.29) is 25.1 Å². The molecule has 0 aliphatic carbocycles. The number of rotatable bonds is 4. The van der Waals surface area contributed by atoms with E-state index in [9.17, 15) is 22.8 Å². The summed E-state index contributed by atoms with van der Waals surface area (Å²) in [4.78, 5) is 33.0. The van der Waals surface area contributed by atoms with Gasteiger partial charge < -0.3 is 4.90 Å². The lowest BCUT2D eigenvalue weighted by molar-refractivity contribution is -0.138. The van der Waals surface area contributed by atoms with E-state index in [1.807, 2.05) is 60.7 Å². The average Bonchev–Trinajstić information content (AvgIpc) is 2.91. The number of nitrogens with zero attached hydrogens (tertiary/aromatic N) is 3. The van der Waals surface area contributed by atoms with Gasteiger partial charge in [-0.1, -0.05) is 72.8 Å². The zero-order valence-electron chi connectivity index (χ0n) is 20.1. The summed E-state index contributed by atoms with van der Waals surface area (Å²) in [5.74, 6) is -0.264. The van der Waals surface area contributed by atoms with Crippen LogP contribution >= 0.6 is 0 Å². The lowest BCUT2D eigenvalue weighted by atomic mass is 9.97. The topological polar surface area (TPSA) is 55.2 Å². The van der Waals surface area contributed by atoms with Gasteiger partial charge in [-0.25, -0.2) is 4.98 Å². The number of alkyl halides is 3. The Hall–Kier alpha value is -4.20. The lowest BCUT2D eigenvalue weighted by Crippen LogP contribution is -2.42. The van der Waals surface area contributed by atoms with Gasteiger partial charge in [0.1, 0.15) is 5.82 Å². The summed E-state index contributed by atoms with van der Waals surface area (Å²) < 4.78 is 42.1. The Morgan fingerprint density at radius 2 is 1.46 bits per heavy atom. The van der Waals surface area contributed by atoms with Gasteiger partial charge in [0.15, 0.2) is 0 Å². The fourth-order valence-electron chi connectivity index (χ4n) is 4.95. The standard InChI is InChI=1S/C29H24F3N3O2/c1-19-33-25-18-34(27(36)22-14-8-9-15-24(22)29(30,31)32)17-16-23(25)28(37)35(19)26(20-10-4-2-5-11-20)21-12-6-3-7-13-21/h2-15,26H,16-18H2,1H3. The number of halogens is 3. The molecule has 5 rings (SSSR count). The predicted octanol–water partition coefficient (Wildman–Crippen LogP) is 5.41. The average molecular weight is 504 g/mol. The Bertz CT molecular complexity index is 1460. The predicted molar refractivity (Wildman–Crippen MR) is 133 cm³/mol. The minimum atomic E-state index is -4.65. The lowest BCUT2D eigenvalue weighted by Gasteiger charge is -2.31. The molecule has 1 aliphatic rings. The third kappa shape index (κ3) is 4.67. The number of benzene rings is 3. The molecule has 188 valence electrons. The monoisotopic (exact) mass is 503 g/mol. The van der Waals surface area contributed by atoms with E-state index in [0.29, 0.717) is 17.1 Å². The van der Waals surface area contributed by atoms with Crippen LogP contribution in [0.4, 0.5) is 13.2 Å². The van der Waals surface area contributed by atoms with Crippen LogP contribution in [-0.4, -0.2) is 26.9 Å². The van der Waals surface area contributed by atoms with Crippen LogP contribution in [0.15, 0.2) is 89.7 Å². The fourth-order valence-corrected chi connectivity index (χ4v) is 4.95. The number of amides is 1. The van der Waals surface area contributed by atoms with Crippen molar-refractivity contribution in [3.05, 3.63) is 135 Å². The Kier molecular flexibility index (Phi) is 6.41. The molecule has 0 spiro atoms. The maximum absolute atomic E-state index is 13.8. The first kappa shape index (κ1) is 24.5. The molecule has 0 unspecified atom stereocenters. The zero-order chi connectivity index (χ0) is 26.2.